The van der Waals surface area contributed by atoms with Crippen molar-refractivity contribution in [2.45, 2.75) is 18.6 Å². The van der Waals surface area contributed by atoms with Gasteiger partial charge < -0.3 is 25.0 Å². The lowest BCUT2D eigenvalue weighted by molar-refractivity contribution is -0.142. The van der Waals surface area contributed by atoms with Gasteiger partial charge in [0.05, 0.1) is 20.8 Å². The zero-order chi connectivity index (χ0) is 21.4. The zero-order valence-corrected chi connectivity index (χ0v) is 17.3. The number of hydrogen-bond acceptors (Lipinski definition) is 5. The van der Waals surface area contributed by atoms with Crippen molar-refractivity contribution in [1.29, 1.82) is 0 Å². The first kappa shape index (κ1) is 22.9. The number of alkyl halides is 3. The van der Waals surface area contributed by atoms with E-state index in [9.17, 15) is 13.2 Å². The summed E-state index contributed by atoms with van der Waals surface area (Å²) in [6, 6.07) is 5.94. The predicted octanol–water partition coefficient (Wildman–Crippen LogP) is 1.94. The second-order valence-corrected chi connectivity index (χ2v) is 7.00. The van der Waals surface area contributed by atoms with Gasteiger partial charge in [-0.2, -0.15) is 13.2 Å². The molecule has 0 aromatic heterocycles. The standard InChI is InChI=1S/C19H30F3N5O2/c1-23-18(24-6-8-26(2)13-19(20,21)22)25-14-5-7-27(12-14)15-9-16(28-3)11-17(10-15)29-4/h9-11,14H,5-8,12-13H2,1-4H3,(H2,23,24,25). The Bertz CT molecular complexity index is 662. The Morgan fingerprint density at radius 2 is 1.90 bits per heavy atom. The number of guanidine groups is 1. The van der Waals surface area contributed by atoms with E-state index < -0.39 is 12.7 Å². The largest absolute Gasteiger partial charge is 0.497 e. The van der Waals surface area contributed by atoms with Gasteiger partial charge in [0.2, 0.25) is 0 Å². The van der Waals surface area contributed by atoms with Crippen LogP contribution in [0.25, 0.3) is 0 Å². The van der Waals surface area contributed by atoms with Crippen molar-refractivity contribution in [2.24, 2.45) is 4.99 Å². The van der Waals surface area contributed by atoms with E-state index >= 15 is 0 Å². The van der Waals surface area contributed by atoms with Crippen LogP contribution in [0, 0.1) is 0 Å². The molecule has 1 aromatic rings. The Kier molecular flexibility index (Phi) is 8.24. The third kappa shape index (κ3) is 7.52. The molecule has 29 heavy (non-hydrogen) atoms. The van der Waals surface area contributed by atoms with Crippen molar-refractivity contribution in [1.82, 2.24) is 15.5 Å². The molecule has 1 atom stereocenters. The summed E-state index contributed by atoms with van der Waals surface area (Å²) < 4.78 is 47.8. The first-order valence-corrected chi connectivity index (χ1v) is 9.44. The first-order valence-electron chi connectivity index (χ1n) is 9.44. The number of ether oxygens (including phenoxy) is 2. The monoisotopic (exact) mass is 417 g/mol. The fraction of sp³-hybridized carbons (Fsp3) is 0.632. The van der Waals surface area contributed by atoms with Gasteiger partial charge in [0.1, 0.15) is 11.5 Å². The number of hydrogen-bond donors (Lipinski definition) is 2. The molecule has 0 bridgehead atoms. The van der Waals surface area contributed by atoms with Crippen LogP contribution in [0.15, 0.2) is 23.2 Å². The topological polar surface area (TPSA) is 61.4 Å². The maximum Gasteiger partial charge on any atom is 0.401 e. The lowest BCUT2D eigenvalue weighted by Crippen LogP contribution is -2.46. The number of anilines is 1. The molecule has 1 aliphatic rings. The summed E-state index contributed by atoms with van der Waals surface area (Å²) in [5.74, 6) is 2.05. The van der Waals surface area contributed by atoms with Crippen molar-refractivity contribution in [3.63, 3.8) is 0 Å². The zero-order valence-electron chi connectivity index (χ0n) is 17.3. The number of nitrogens with one attached hydrogen (secondary N) is 2. The molecule has 0 saturated carbocycles. The van der Waals surface area contributed by atoms with E-state index in [4.69, 9.17) is 9.47 Å². The number of likely N-dealkylation sites (N-methyl/N-ethyl adjacent to an activating group) is 1. The van der Waals surface area contributed by atoms with Gasteiger partial charge in [-0.25, -0.2) is 0 Å². The molecule has 1 unspecified atom stereocenters. The van der Waals surface area contributed by atoms with Crippen molar-refractivity contribution < 1.29 is 22.6 Å². The summed E-state index contributed by atoms with van der Waals surface area (Å²) in [6.45, 7) is 1.34. The molecule has 1 aromatic carbocycles. The average Bonchev–Trinajstić information content (AvgIpc) is 3.13. The maximum atomic E-state index is 12.4. The summed E-state index contributed by atoms with van der Waals surface area (Å²) >= 11 is 0. The minimum Gasteiger partial charge on any atom is -0.497 e. The van der Waals surface area contributed by atoms with E-state index in [2.05, 4.69) is 20.5 Å². The number of aliphatic imine (C=N–C) groups is 1. The van der Waals surface area contributed by atoms with Crippen LogP contribution in [0.2, 0.25) is 0 Å². The molecule has 1 heterocycles. The first-order chi connectivity index (χ1) is 13.7. The molecule has 10 heteroatoms. The van der Waals surface area contributed by atoms with E-state index in [1.54, 1.807) is 21.3 Å². The molecule has 1 saturated heterocycles. The second kappa shape index (κ2) is 10.4. The third-order valence-corrected chi connectivity index (χ3v) is 4.69. The lowest BCUT2D eigenvalue weighted by atomic mass is 10.2. The highest BCUT2D eigenvalue weighted by atomic mass is 19.4. The van der Waals surface area contributed by atoms with Crippen LogP contribution in [0.5, 0.6) is 11.5 Å². The summed E-state index contributed by atoms with van der Waals surface area (Å²) in [5.41, 5.74) is 1.02. The van der Waals surface area contributed by atoms with Crippen molar-refractivity contribution in [3.05, 3.63) is 18.2 Å². The van der Waals surface area contributed by atoms with Crippen LogP contribution < -0.4 is 25.0 Å². The molecule has 1 fully saturated rings. The van der Waals surface area contributed by atoms with Crippen LogP contribution in [0.4, 0.5) is 18.9 Å². The molecule has 1 aliphatic heterocycles. The Morgan fingerprint density at radius 3 is 2.45 bits per heavy atom. The molecule has 0 radical (unpaired) electrons. The molecule has 0 aliphatic carbocycles. The third-order valence-electron chi connectivity index (χ3n) is 4.69. The molecule has 0 spiro atoms. The van der Waals surface area contributed by atoms with Gasteiger partial charge >= 0.3 is 6.18 Å². The minimum atomic E-state index is -4.19. The number of halogens is 3. The van der Waals surface area contributed by atoms with Crippen LogP contribution in [0.1, 0.15) is 6.42 Å². The smallest absolute Gasteiger partial charge is 0.401 e. The number of nitrogens with zero attached hydrogens (tertiary/aromatic N) is 3. The Labute approximate surface area is 169 Å². The maximum absolute atomic E-state index is 12.4. The van der Waals surface area contributed by atoms with E-state index in [1.165, 1.54) is 11.9 Å². The summed E-state index contributed by atoms with van der Waals surface area (Å²) in [4.78, 5) is 7.63. The second-order valence-electron chi connectivity index (χ2n) is 7.00. The molecular formula is C19H30F3N5O2. The molecule has 7 nitrogen and oxygen atoms in total. The van der Waals surface area contributed by atoms with Crippen molar-refractivity contribution in [3.8, 4) is 11.5 Å². The van der Waals surface area contributed by atoms with Crippen LogP contribution in [-0.2, 0) is 0 Å². The Hall–Kier alpha value is -2.36. The van der Waals surface area contributed by atoms with E-state index in [0.29, 0.717) is 12.5 Å². The summed E-state index contributed by atoms with van der Waals surface area (Å²) in [6.07, 6.45) is -3.28. The number of rotatable bonds is 8. The molecule has 2 rings (SSSR count). The summed E-state index contributed by atoms with van der Waals surface area (Å²) in [7, 11) is 6.33. The fourth-order valence-electron chi connectivity index (χ4n) is 3.23. The molecule has 2 N–H and O–H groups in total. The van der Waals surface area contributed by atoms with E-state index in [-0.39, 0.29) is 12.6 Å². The summed E-state index contributed by atoms with van der Waals surface area (Å²) in [5, 5.41) is 6.41. The Morgan fingerprint density at radius 1 is 1.24 bits per heavy atom. The highest BCUT2D eigenvalue weighted by Crippen LogP contribution is 2.30. The van der Waals surface area contributed by atoms with Gasteiger partial charge in [0.15, 0.2) is 5.96 Å². The predicted molar refractivity (Wildman–Crippen MR) is 108 cm³/mol. The Balaban J connectivity index is 1.83. The van der Waals surface area contributed by atoms with Crippen LogP contribution in [0.3, 0.4) is 0 Å². The van der Waals surface area contributed by atoms with Gasteiger partial charge in [-0.15, -0.1) is 0 Å². The van der Waals surface area contributed by atoms with Gasteiger partial charge in [0, 0.05) is 63.2 Å². The van der Waals surface area contributed by atoms with Crippen LogP contribution >= 0.6 is 0 Å². The number of methoxy groups -OCH3 is 2. The van der Waals surface area contributed by atoms with E-state index in [0.717, 1.165) is 36.7 Å². The molecule has 164 valence electrons. The van der Waals surface area contributed by atoms with Gasteiger partial charge in [-0.05, 0) is 13.5 Å². The molecule has 0 amide bonds. The normalized spacial score (nSPS) is 17.6. The van der Waals surface area contributed by atoms with Crippen molar-refractivity contribution >= 4 is 11.6 Å². The highest BCUT2D eigenvalue weighted by Gasteiger charge is 2.29. The van der Waals surface area contributed by atoms with Gasteiger partial charge in [0.25, 0.3) is 0 Å². The SMILES string of the molecule is CN=C(NCCN(C)CC(F)(F)F)NC1CCN(c2cc(OC)cc(OC)c2)C1. The van der Waals surface area contributed by atoms with E-state index in [1.807, 2.05) is 18.2 Å². The highest BCUT2D eigenvalue weighted by molar-refractivity contribution is 5.80. The minimum absolute atomic E-state index is 0.173. The molecular weight excluding hydrogens is 387 g/mol. The lowest BCUT2D eigenvalue weighted by Gasteiger charge is -2.22. The van der Waals surface area contributed by atoms with Crippen molar-refractivity contribution in [2.75, 3.05) is 65.9 Å². The number of benzene rings is 1. The fourth-order valence-corrected chi connectivity index (χ4v) is 3.23. The quantitative estimate of drug-likeness (QED) is 0.498. The van der Waals surface area contributed by atoms with Gasteiger partial charge in [-0.3, -0.25) is 9.89 Å². The average molecular weight is 417 g/mol. The van der Waals surface area contributed by atoms with Gasteiger partial charge in [-0.1, -0.05) is 0 Å². The van der Waals surface area contributed by atoms with Crippen LogP contribution in [-0.4, -0.2) is 84.1 Å².